The van der Waals surface area contributed by atoms with Crippen molar-refractivity contribution < 1.29 is 27.1 Å². The minimum absolute atomic E-state index is 0.0911. The van der Waals surface area contributed by atoms with Crippen LogP contribution in [0.4, 0.5) is 0 Å². The number of fused-ring (bicyclic) bond motifs is 2. The number of aryl methyl sites for hydroxylation is 3. The minimum atomic E-state index is -4.14. The van der Waals surface area contributed by atoms with Gasteiger partial charge in [0.05, 0.1) is 17.4 Å². The minimum Gasteiger partial charge on any atom is -0.454 e. The van der Waals surface area contributed by atoms with E-state index in [9.17, 15) is 13.2 Å². The number of amides is 1. The Morgan fingerprint density at radius 1 is 1.05 bits per heavy atom. The summed E-state index contributed by atoms with van der Waals surface area (Å²) in [5.41, 5.74) is 4.85. The van der Waals surface area contributed by atoms with E-state index in [-0.39, 0.29) is 11.7 Å². The molecule has 5 rings (SSSR count). The van der Waals surface area contributed by atoms with Crippen LogP contribution in [-0.4, -0.2) is 34.0 Å². The van der Waals surface area contributed by atoms with Gasteiger partial charge in [0.2, 0.25) is 12.7 Å². The van der Waals surface area contributed by atoms with Crippen molar-refractivity contribution in [1.29, 1.82) is 0 Å². The molecular weight excluding hydrogens is 557 g/mol. The van der Waals surface area contributed by atoms with E-state index in [1.807, 2.05) is 49.9 Å². The topological polar surface area (TPSA) is 95.9 Å². The predicted molar refractivity (Wildman–Crippen MR) is 161 cm³/mol. The number of nitrogens with one attached hydrogen (secondary N) is 1. The van der Waals surface area contributed by atoms with E-state index in [1.54, 1.807) is 30.3 Å². The number of ether oxygens (including phenoxy) is 2. The lowest BCUT2D eigenvalue weighted by atomic mass is 9.90. The van der Waals surface area contributed by atoms with Crippen LogP contribution >= 0.6 is 0 Å². The third-order valence-electron chi connectivity index (χ3n) is 7.18. The van der Waals surface area contributed by atoms with Gasteiger partial charge >= 0.3 is 0 Å². The third-order valence-corrected chi connectivity index (χ3v) is 9.64. The lowest BCUT2D eigenvalue weighted by Crippen LogP contribution is -2.35. The average molecular weight is 593 g/mol. The molecule has 1 N–H and O–H groups in total. The normalized spacial score (nSPS) is 13.9. The molecule has 8 nitrogen and oxygen atoms in total. The number of nitrogens with zero attached hydrogens (tertiary/aromatic N) is 1. The van der Waals surface area contributed by atoms with Crippen molar-refractivity contribution in [3.8, 4) is 11.5 Å². The number of benzene rings is 3. The summed E-state index contributed by atoms with van der Waals surface area (Å²) in [5, 5.41) is 0.851. The van der Waals surface area contributed by atoms with E-state index in [0.29, 0.717) is 41.2 Å². The highest BCUT2D eigenvalue weighted by molar-refractivity contribution is 7.90. The summed E-state index contributed by atoms with van der Waals surface area (Å²) in [6.07, 6.45) is 2.41. The molecule has 0 spiro atoms. The Balaban J connectivity index is 1.58. The van der Waals surface area contributed by atoms with E-state index < -0.39 is 30.2 Å². The standard InChI is InChI=1S/C31H36N2O6SSi/c1-7-22-14-20(2)8-13-29(22)40(35,36)32-31(34)30(23-10-12-27-28(16-23)38-19-37-27)25-17-33(3)26-15-21(9-11-24(25)26)18-39-41(4,5)6/h8-17,30H,7,18-19H2,1-6H3,(H,32,34). The first-order chi connectivity index (χ1) is 19.4. The molecule has 0 bridgehead atoms. The first-order valence-corrected chi connectivity index (χ1v) is 18.5. The number of hydrogen-bond donors (Lipinski definition) is 1. The second-order valence-corrected chi connectivity index (χ2v) is 17.6. The van der Waals surface area contributed by atoms with Gasteiger partial charge in [-0.15, -0.1) is 0 Å². The zero-order chi connectivity index (χ0) is 29.5. The van der Waals surface area contributed by atoms with Gasteiger partial charge in [-0.3, -0.25) is 4.79 Å². The van der Waals surface area contributed by atoms with Gasteiger partial charge in [0.25, 0.3) is 10.0 Å². The highest BCUT2D eigenvalue weighted by Gasteiger charge is 2.32. The van der Waals surface area contributed by atoms with Gasteiger partial charge < -0.3 is 18.5 Å². The Kier molecular flexibility index (Phi) is 7.75. The Morgan fingerprint density at radius 3 is 2.54 bits per heavy atom. The number of carbonyl (C=O) groups is 1. The van der Waals surface area contributed by atoms with Gasteiger partial charge in [-0.05, 0) is 79.5 Å². The molecular formula is C31H36N2O6SSi. The molecule has 1 aliphatic heterocycles. The van der Waals surface area contributed by atoms with E-state index in [2.05, 4.69) is 30.4 Å². The molecule has 0 saturated carbocycles. The monoisotopic (exact) mass is 592 g/mol. The molecule has 1 amide bonds. The van der Waals surface area contributed by atoms with Crippen LogP contribution in [0.3, 0.4) is 0 Å². The van der Waals surface area contributed by atoms with E-state index in [0.717, 1.165) is 22.0 Å². The second-order valence-electron chi connectivity index (χ2n) is 11.4. The molecule has 41 heavy (non-hydrogen) atoms. The van der Waals surface area contributed by atoms with Crippen molar-refractivity contribution in [2.24, 2.45) is 7.05 Å². The molecule has 0 aliphatic carbocycles. The summed E-state index contributed by atoms with van der Waals surface area (Å²) in [6.45, 7) is 10.8. The maximum atomic E-state index is 14.0. The average Bonchev–Trinajstić information content (AvgIpc) is 3.50. The van der Waals surface area contributed by atoms with Crippen molar-refractivity contribution >= 4 is 35.2 Å². The smallest absolute Gasteiger partial charge is 0.264 e. The first kappa shape index (κ1) is 28.9. The van der Waals surface area contributed by atoms with Gasteiger partial charge in [-0.25, -0.2) is 13.1 Å². The van der Waals surface area contributed by atoms with E-state index in [1.165, 1.54) is 0 Å². The molecule has 2 heterocycles. The van der Waals surface area contributed by atoms with E-state index in [4.69, 9.17) is 13.9 Å². The Morgan fingerprint density at radius 2 is 1.80 bits per heavy atom. The molecule has 0 saturated heterocycles. The van der Waals surface area contributed by atoms with Crippen LogP contribution in [0.25, 0.3) is 10.9 Å². The van der Waals surface area contributed by atoms with Crippen LogP contribution < -0.4 is 14.2 Å². The second kappa shape index (κ2) is 11.0. The number of carbonyl (C=O) groups excluding carboxylic acids is 1. The van der Waals surface area contributed by atoms with Crippen molar-refractivity contribution in [3.05, 3.63) is 88.6 Å². The van der Waals surface area contributed by atoms with Crippen LogP contribution in [-0.2, 0) is 39.3 Å². The lowest BCUT2D eigenvalue weighted by Gasteiger charge is -2.19. The Bertz CT molecular complexity index is 1740. The molecule has 1 aromatic heterocycles. The van der Waals surface area contributed by atoms with Gasteiger partial charge in [0.1, 0.15) is 0 Å². The Labute approximate surface area is 242 Å². The maximum Gasteiger partial charge on any atom is 0.264 e. The van der Waals surface area contributed by atoms with Gasteiger partial charge in [0, 0.05) is 24.1 Å². The molecule has 4 aromatic rings. The van der Waals surface area contributed by atoms with Crippen LogP contribution in [0.15, 0.2) is 65.7 Å². The van der Waals surface area contributed by atoms with Gasteiger partial charge in [-0.1, -0.05) is 42.8 Å². The number of rotatable bonds is 9. The van der Waals surface area contributed by atoms with Crippen LogP contribution in [0.5, 0.6) is 11.5 Å². The first-order valence-electron chi connectivity index (χ1n) is 13.6. The Hall–Kier alpha value is -3.60. The number of hydrogen-bond acceptors (Lipinski definition) is 6. The fourth-order valence-corrected chi connectivity index (χ4v) is 7.03. The van der Waals surface area contributed by atoms with Crippen molar-refractivity contribution in [2.75, 3.05) is 6.79 Å². The highest BCUT2D eigenvalue weighted by Crippen LogP contribution is 2.39. The zero-order valence-electron chi connectivity index (χ0n) is 24.3. The highest BCUT2D eigenvalue weighted by atomic mass is 32.2. The summed E-state index contributed by atoms with van der Waals surface area (Å²) >= 11 is 0. The molecule has 3 aromatic carbocycles. The molecule has 1 atom stereocenters. The van der Waals surface area contributed by atoms with Crippen LogP contribution in [0, 0.1) is 6.92 Å². The molecule has 1 unspecified atom stereocenters. The number of aromatic nitrogens is 1. The molecule has 216 valence electrons. The summed E-state index contributed by atoms with van der Waals surface area (Å²) in [5.74, 6) is -0.480. The number of sulfonamides is 1. The maximum absolute atomic E-state index is 14.0. The van der Waals surface area contributed by atoms with Crippen LogP contribution in [0.1, 0.15) is 40.7 Å². The summed E-state index contributed by atoms with van der Waals surface area (Å²) in [7, 11) is -3.93. The summed E-state index contributed by atoms with van der Waals surface area (Å²) < 4.78 is 48.6. The van der Waals surface area contributed by atoms with Gasteiger partial charge in [0.15, 0.2) is 19.8 Å². The molecule has 0 fully saturated rings. The molecule has 10 heteroatoms. The summed E-state index contributed by atoms with van der Waals surface area (Å²) in [6, 6.07) is 16.4. The van der Waals surface area contributed by atoms with Gasteiger partial charge in [-0.2, -0.15) is 0 Å². The fourth-order valence-electron chi connectivity index (χ4n) is 5.14. The fraction of sp³-hybridized carbons (Fsp3) is 0.323. The van der Waals surface area contributed by atoms with Crippen molar-refractivity contribution in [1.82, 2.24) is 9.29 Å². The van der Waals surface area contributed by atoms with Crippen molar-refractivity contribution in [2.45, 2.75) is 57.3 Å². The van der Waals surface area contributed by atoms with Crippen molar-refractivity contribution in [3.63, 3.8) is 0 Å². The molecule has 0 radical (unpaired) electrons. The zero-order valence-corrected chi connectivity index (χ0v) is 26.1. The lowest BCUT2D eigenvalue weighted by molar-refractivity contribution is -0.119. The molecule has 1 aliphatic rings. The SMILES string of the molecule is CCc1cc(C)ccc1S(=O)(=O)NC(=O)C(c1ccc2c(c1)OCO2)c1cn(C)c2cc(CO[Si](C)(C)C)ccc12. The quantitative estimate of drug-likeness (QED) is 0.248. The largest absolute Gasteiger partial charge is 0.454 e. The predicted octanol–water partition coefficient (Wildman–Crippen LogP) is 5.77. The van der Waals surface area contributed by atoms with E-state index >= 15 is 0 Å². The summed E-state index contributed by atoms with van der Waals surface area (Å²) in [4.78, 5) is 14.2. The van der Waals surface area contributed by atoms with Crippen LogP contribution in [0.2, 0.25) is 19.6 Å². The third kappa shape index (κ3) is 6.05.